The average Bonchev–Trinajstić information content (AvgIpc) is 3.17. The lowest BCUT2D eigenvalue weighted by Gasteiger charge is -2.03. The van der Waals surface area contributed by atoms with Gasteiger partial charge in [-0.25, -0.2) is 14.4 Å². The van der Waals surface area contributed by atoms with Gasteiger partial charge in [0.25, 0.3) is 5.56 Å². The van der Waals surface area contributed by atoms with E-state index in [1.54, 1.807) is 11.3 Å². The van der Waals surface area contributed by atoms with Gasteiger partial charge in [0.2, 0.25) is 0 Å². The number of nitrogens with one attached hydrogen (secondary N) is 1. The fourth-order valence-corrected chi connectivity index (χ4v) is 5.02. The lowest BCUT2D eigenvalue weighted by Crippen LogP contribution is -2.13. The lowest BCUT2D eigenvalue weighted by atomic mass is 10.2. The lowest BCUT2D eigenvalue weighted by molar-refractivity contribution is 0.628. The number of aliphatic imine (C=N–C) groups is 1. The second-order valence-corrected chi connectivity index (χ2v) is 8.37. The molecular weight excluding hydrogens is 395 g/mol. The fraction of sp³-hybridized carbons (Fsp3) is 0.235. The zero-order valence-electron chi connectivity index (χ0n) is 13.5. The van der Waals surface area contributed by atoms with Gasteiger partial charge in [0.15, 0.2) is 5.17 Å². The molecule has 5 nitrogen and oxygen atoms in total. The molecule has 0 aliphatic heterocycles. The highest BCUT2D eigenvalue weighted by Gasteiger charge is 2.21. The molecule has 2 heterocycles. The predicted octanol–water partition coefficient (Wildman–Crippen LogP) is 4.15. The highest BCUT2D eigenvalue weighted by Crippen LogP contribution is 2.34. The van der Waals surface area contributed by atoms with Crippen LogP contribution in [-0.2, 0) is 18.6 Å². The van der Waals surface area contributed by atoms with Crippen LogP contribution in [0.3, 0.4) is 0 Å². The maximum absolute atomic E-state index is 13.2. The van der Waals surface area contributed by atoms with Crippen LogP contribution in [-0.4, -0.2) is 15.1 Å². The summed E-state index contributed by atoms with van der Waals surface area (Å²) in [7, 11) is 0. The molecule has 0 spiro atoms. The molecule has 0 fully saturated rings. The van der Waals surface area contributed by atoms with E-state index in [-0.39, 0.29) is 15.7 Å². The minimum Gasteiger partial charge on any atom is -0.378 e. The molecule has 26 heavy (non-hydrogen) atoms. The van der Waals surface area contributed by atoms with Crippen molar-refractivity contribution in [1.29, 1.82) is 0 Å². The van der Waals surface area contributed by atoms with Gasteiger partial charge in [0, 0.05) is 4.88 Å². The third kappa shape index (κ3) is 3.36. The number of thioether (sulfide) groups is 1. The van der Waals surface area contributed by atoms with Crippen LogP contribution < -0.4 is 11.3 Å². The third-order valence-electron chi connectivity index (χ3n) is 4.12. The first-order valence-electron chi connectivity index (χ1n) is 7.96. The van der Waals surface area contributed by atoms with Crippen molar-refractivity contribution in [1.82, 2.24) is 9.97 Å². The summed E-state index contributed by atoms with van der Waals surface area (Å²) in [5, 5.41) is 1.01. The molecule has 0 bridgehead atoms. The molecule has 3 aromatic rings. The van der Waals surface area contributed by atoms with Gasteiger partial charge in [0.1, 0.15) is 16.5 Å². The number of aryl methyl sites for hydroxylation is 2. The summed E-state index contributed by atoms with van der Waals surface area (Å²) in [6, 6.07) is 4.14. The summed E-state index contributed by atoms with van der Waals surface area (Å²) >= 11 is 8.58. The SMILES string of the molecule is NC(=Nc1ccc(F)c(Cl)c1)SCc1nc2sc3c(c2c(=O)[nH]1)CCC3. The van der Waals surface area contributed by atoms with Crippen molar-refractivity contribution in [2.45, 2.75) is 25.0 Å². The molecule has 0 atom stereocenters. The largest absolute Gasteiger partial charge is 0.378 e. The summed E-state index contributed by atoms with van der Waals surface area (Å²) in [6.45, 7) is 0. The van der Waals surface area contributed by atoms with Gasteiger partial charge in [-0.2, -0.15) is 0 Å². The monoisotopic (exact) mass is 408 g/mol. The number of rotatable bonds is 3. The van der Waals surface area contributed by atoms with Crippen LogP contribution in [0.25, 0.3) is 10.2 Å². The first-order valence-corrected chi connectivity index (χ1v) is 10.1. The summed E-state index contributed by atoms with van der Waals surface area (Å²) in [5.41, 5.74) is 7.44. The van der Waals surface area contributed by atoms with E-state index in [0.717, 1.165) is 35.0 Å². The number of nitrogens with two attached hydrogens (primary N) is 1. The quantitative estimate of drug-likeness (QED) is 0.503. The second kappa shape index (κ2) is 7.02. The Kier molecular flexibility index (Phi) is 4.73. The van der Waals surface area contributed by atoms with E-state index < -0.39 is 5.82 Å². The number of aromatic amines is 1. The summed E-state index contributed by atoms with van der Waals surface area (Å²) in [4.78, 5) is 26.1. The number of halogens is 2. The van der Waals surface area contributed by atoms with E-state index in [2.05, 4.69) is 15.0 Å². The van der Waals surface area contributed by atoms with E-state index in [1.165, 1.54) is 34.8 Å². The Morgan fingerprint density at radius 3 is 3.12 bits per heavy atom. The zero-order valence-corrected chi connectivity index (χ0v) is 15.9. The van der Waals surface area contributed by atoms with Crippen LogP contribution in [0.2, 0.25) is 5.02 Å². The number of benzene rings is 1. The Morgan fingerprint density at radius 2 is 2.31 bits per heavy atom. The molecule has 0 saturated carbocycles. The van der Waals surface area contributed by atoms with Gasteiger partial charge in [-0.1, -0.05) is 23.4 Å². The molecule has 1 aromatic carbocycles. The number of amidine groups is 1. The summed E-state index contributed by atoms with van der Waals surface area (Å²) < 4.78 is 13.2. The van der Waals surface area contributed by atoms with Gasteiger partial charge in [-0.05, 0) is 43.0 Å². The molecule has 9 heteroatoms. The standard InChI is InChI=1S/C17H14ClFN4OS2/c18-10-6-8(4-5-11(10)19)21-17(20)25-7-13-22-15(24)14-9-2-1-3-12(9)26-16(14)23-13/h4-6H,1-3,7H2,(H2,20,21)(H,22,23,24). The van der Waals surface area contributed by atoms with Crippen molar-refractivity contribution in [3.63, 3.8) is 0 Å². The molecule has 1 aliphatic rings. The number of nitrogens with zero attached hydrogens (tertiary/aromatic N) is 2. The van der Waals surface area contributed by atoms with Crippen molar-refractivity contribution < 1.29 is 4.39 Å². The van der Waals surface area contributed by atoms with Crippen molar-refractivity contribution in [3.8, 4) is 0 Å². The van der Waals surface area contributed by atoms with Gasteiger partial charge < -0.3 is 10.7 Å². The normalized spacial score (nSPS) is 14.2. The second-order valence-electron chi connectivity index (χ2n) is 5.89. The number of hydrogen-bond acceptors (Lipinski definition) is 5. The van der Waals surface area contributed by atoms with E-state index in [4.69, 9.17) is 17.3 Å². The van der Waals surface area contributed by atoms with Crippen LogP contribution in [0, 0.1) is 5.82 Å². The van der Waals surface area contributed by atoms with Crippen LogP contribution >= 0.6 is 34.7 Å². The maximum atomic E-state index is 13.2. The number of hydrogen-bond donors (Lipinski definition) is 2. The molecule has 0 saturated heterocycles. The van der Waals surface area contributed by atoms with Crippen molar-refractivity contribution in [2.75, 3.05) is 0 Å². The fourth-order valence-electron chi connectivity index (χ4n) is 2.97. The molecule has 0 amide bonds. The number of H-pyrrole nitrogens is 1. The van der Waals surface area contributed by atoms with Crippen LogP contribution in [0.5, 0.6) is 0 Å². The molecule has 2 aromatic heterocycles. The van der Waals surface area contributed by atoms with Crippen molar-refractivity contribution >= 4 is 55.8 Å². The smallest absolute Gasteiger partial charge is 0.259 e. The Labute approximate surface area is 161 Å². The molecule has 1 aliphatic carbocycles. The highest BCUT2D eigenvalue weighted by molar-refractivity contribution is 8.13. The van der Waals surface area contributed by atoms with Gasteiger partial charge in [0.05, 0.1) is 21.8 Å². The van der Waals surface area contributed by atoms with Crippen LogP contribution in [0.1, 0.15) is 22.7 Å². The van der Waals surface area contributed by atoms with Crippen LogP contribution in [0.4, 0.5) is 10.1 Å². The number of aromatic nitrogens is 2. The van der Waals surface area contributed by atoms with E-state index in [0.29, 0.717) is 17.3 Å². The minimum atomic E-state index is -0.505. The first-order chi connectivity index (χ1) is 12.5. The maximum Gasteiger partial charge on any atom is 0.259 e. The topological polar surface area (TPSA) is 84.1 Å². The molecular formula is C17H14ClFN4OS2. The van der Waals surface area contributed by atoms with Gasteiger partial charge in [-0.15, -0.1) is 11.3 Å². The average molecular weight is 409 g/mol. The predicted molar refractivity (Wildman–Crippen MR) is 106 cm³/mol. The first kappa shape index (κ1) is 17.5. The summed E-state index contributed by atoms with van der Waals surface area (Å²) in [6.07, 6.45) is 3.09. The molecule has 0 radical (unpaired) electrons. The van der Waals surface area contributed by atoms with Gasteiger partial charge >= 0.3 is 0 Å². The molecule has 0 unspecified atom stereocenters. The molecule has 134 valence electrons. The van der Waals surface area contributed by atoms with Crippen molar-refractivity contribution in [2.24, 2.45) is 10.7 Å². The zero-order chi connectivity index (χ0) is 18.3. The molecule has 3 N–H and O–H groups in total. The third-order valence-corrected chi connectivity index (χ3v) is 6.40. The highest BCUT2D eigenvalue weighted by atomic mass is 35.5. The Hall–Kier alpha value is -1.90. The van der Waals surface area contributed by atoms with E-state index in [9.17, 15) is 9.18 Å². The van der Waals surface area contributed by atoms with E-state index >= 15 is 0 Å². The Bertz CT molecular complexity index is 1090. The number of fused-ring (bicyclic) bond motifs is 3. The van der Waals surface area contributed by atoms with Gasteiger partial charge in [-0.3, -0.25) is 4.79 Å². The van der Waals surface area contributed by atoms with E-state index in [1.807, 2.05) is 0 Å². The van der Waals surface area contributed by atoms with Crippen LogP contribution in [0.15, 0.2) is 28.0 Å². The minimum absolute atomic E-state index is 0.00811. The summed E-state index contributed by atoms with van der Waals surface area (Å²) in [5.74, 6) is 0.440. The van der Waals surface area contributed by atoms with Crippen molar-refractivity contribution in [3.05, 3.63) is 55.7 Å². The molecule has 4 rings (SSSR count). The Morgan fingerprint density at radius 1 is 1.46 bits per heavy atom. The number of thiophene rings is 1. The Balaban J connectivity index is 1.53.